The maximum absolute atomic E-state index is 12.0. The van der Waals surface area contributed by atoms with Gasteiger partial charge in [0.1, 0.15) is 5.78 Å². The molecule has 0 unspecified atom stereocenters. The smallest absolute Gasteiger partial charge is 0.136 e. The second-order valence-corrected chi connectivity index (χ2v) is 8.62. The molecule has 0 aromatic carbocycles. The molecule has 3 rings (SSSR count). The summed E-state index contributed by atoms with van der Waals surface area (Å²) in [6, 6.07) is 0. The first-order valence-electron chi connectivity index (χ1n) is 6.53. The highest BCUT2D eigenvalue weighted by Crippen LogP contribution is 2.60. The van der Waals surface area contributed by atoms with Crippen LogP contribution >= 0.6 is 23.5 Å². The van der Waals surface area contributed by atoms with E-state index in [0.29, 0.717) is 27.6 Å². The van der Waals surface area contributed by atoms with E-state index in [1.807, 2.05) is 0 Å². The standard InChI is InChI=1S/C13H20OS2/c1-9-5-6-13(15-7-2-8-16-13)10-3-4-11(14)12(9)10/h9-10,12H,2-8H2,1H3/t9-,10+,12-/m1/s1. The van der Waals surface area contributed by atoms with Crippen LogP contribution in [0, 0.1) is 17.8 Å². The number of rotatable bonds is 0. The molecule has 90 valence electrons. The van der Waals surface area contributed by atoms with Gasteiger partial charge in [-0.3, -0.25) is 4.79 Å². The van der Waals surface area contributed by atoms with Gasteiger partial charge in [0.2, 0.25) is 0 Å². The van der Waals surface area contributed by atoms with E-state index >= 15 is 0 Å². The minimum Gasteiger partial charge on any atom is -0.299 e. The van der Waals surface area contributed by atoms with Gasteiger partial charge in [-0.2, -0.15) is 0 Å². The van der Waals surface area contributed by atoms with Crippen molar-refractivity contribution in [3.8, 4) is 0 Å². The van der Waals surface area contributed by atoms with Crippen molar-refractivity contribution >= 4 is 29.3 Å². The number of fused-ring (bicyclic) bond motifs is 2. The van der Waals surface area contributed by atoms with Crippen LogP contribution in [0.4, 0.5) is 0 Å². The Morgan fingerprint density at radius 2 is 2.00 bits per heavy atom. The third kappa shape index (κ3) is 1.66. The van der Waals surface area contributed by atoms with Crippen molar-refractivity contribution in [3.63, 3.8) is 0 Å². The molecule has 16 heavy (non-hydrogen) atoms. The van der Waals surface area contributed by atoms with Crippen LogP contribution in [0.2, 0.25) is 0 Å². The van der Waals surface area contributed by atoms with Gasteiger partial charge in [-0.25, -0.2) is 0 Å². The number of ketones is 1. The SMILES string of the molecule is C[C@@H]1CCC2(SCCCS2)[C@H]2CCC(=O)[C@H]12. The molecule has 3 heteroatoms. The van der Waals surface area contributed by atoms with Crippen molar-refractivity contribution in [2.24, 2.45) is 17.8 Å². The third-order valence-corrected chi connectivity index (χ3v) is 8.30. The fourth-order valence-corrected chi connectivity index (χ4v) is 7.58. The highest BCUT2D eigenvalue weighted by Gasteiger charge is 2.54. The molecule has 3 aliphatic rings. The van der Waals surface area contributed by atoms with Crippen molar-refractivity contribution in [3.05, 3.63) is 0 Å². The number of thioether (sulfide) groups is 2. The molecule has 1 saturated heterocycles. The summed E-state index contributed by atoms with van der Waals surface area (Å²) in [5.41, 5.74) is 0. The topological polar surface area (TPSA) is 17.1 Å². The number of hydrogen-bond donors (Lipinski definition) is 0. The van der Waals surface area contributed by atoms with E-state index in [9.17, 15) is 4.79 Å². The molecular formula is C13H20OS2. The first-order valence-corrected chi connectivity index (χ1v) is 8.51. The Labute approximate surface area is 107 Å². The van der Waals surface area contributed by atoms with Gasteiger partial charge in [0.15, 0.2) is 0 Å². The lowest BCUT2D eigenvalue weighted by molar-refractivity contribution is -0.123. The lowest BCUT2D eigenvalue weighted by Gasteiger charge is -2.48. The van der Waals surface area contributed by atoms with Gasteiger partial charge in [0.25, 0.3) is 0 Å². The van der Waals surface area contributed by atoms with Gasteiger partial charge in [0.05, 0.1) is 4.08 Å². The molecule has 0 amide bonds. The maximum atomic E-state index is 12.0. The van der Waals surface area contributed by atoms with Crippen LogP contribution in [0.15, 0.2) is 0 Å². The first-order chi connectivity index (χ1) is 7.73. The zero-order chi connectivity index (χ0) is 11.2. The van der Waals surface area contributed by atoms with Crippen molar-refractivity contribution in [1.82, 2.24) is 0 Å². The fraction of sp³-hybridized carbons (Fsp3) is 0.923. The second kappa shape index (κ2) is 4.24. The van der Waals surface area contributed by atoms with E-state index in [-0.39, 0.29) is 0 Å². The summed E-state index contributed by atoms with van der Waals surface area (Å²) < 4.78 is 0.432. The molecule has 0 aromatic heterocycles. The Balaban J connectivity index is 1.88. The second-order valence-electron chi connectivity index (χ2n) is 5.52. The molecule has 0 aromatic rings. The Hall–Kier alpha value is 0.370. The third-order valence-electron chi connectivity index (χ3n) is 4.61. The molecule has 3 atom stereocenters. The summed E-state index contributed by atoms with van der Waals surface area (Å²) in [4.78, 5) is 12.0. The fourth-order valence-electron chi connectivity index (χ4n) is 3.82. The van der Waals surface area contributed by atoms with Crippen LogP contribution in [0.3, 0.4) is 0 Å². The van der Waals surface area contributed by atoms with Crippen molar-refractivity contribution in [2.75, 3.05) is 11.5 Å². The van der Waals surface area contributed by atoms with Crippen LogP contribution in [0.5, 0.6) is 0 Å². The van der Waals surface area contributed by atoms with Gasteiger partial charge < -0.3 is 0 Å². The molecule has 1 heterocycles. The molecule has 1 aliphatic heterocycles. The zero-order valence-corrected chi connectivity index (χ0v) is 11.5. The number of carbonyl (C=O) groups excluding carboxylic acids is 1. The minimum absolute atomic E-state index is 0.409. The largest absolute Gasteiger partial charge is 0.299 e. The average molecular weight is 256 g/mol. The van der Waals surface area contributed by atoms with Gasteiger partial charge in [0, 0.05) is 12.3 Å². The van der Waals surface area contributed by atoms with E-state index in [0.717, 1.165) is 6.42 Å². The van der Waals surface area contributed by atoms with Gasteiger partial charge in [-0.15, -0.1) is 23.5 Å². The molecular weight excluding hydrogens is 236 g/mol. The summed E-state index contributed by atoms with van der Waals surface area (Å²) in [6.07, 6.45) is 6.01. The highest BCUT2D eigenvalue weighted by molar-refractivity contribution is 8.18. The number of carbonyl (C=O) groups is 1. The van der Waals surface area contributed by atoms with Crippen molar-refractivity contribution in [1.29, 1.82) is 0 Å². The van der Waals surface area contributed by atoms with E-state index in [1.54, 1.807) is 0 Å². The zero-order valence-electron chi connectivity index (χ0n) is 9.91. The number of Topliss-reactive ketones (excluding diaryl/α,β-unsaturated/α-hetero) is 1. The summed E-state index contributed by atoms with van der Waals surface area (Å²) in [5, 5.41) is 0. The van der Waals surface area contributed by atoms with E-state index in [4.69, 9.17) is 0 Å². The van der Waals surface area contributed by atoms with Gasteiger partial charge in [-0.1, -0.05) is 6.92 Å². The average Bonchev–Trinajstić information content (AvgIpc) is 2.70. The molecule has 0 N–H and O–H groups in total. The van der Waals surface area contributed by atoms with Crippen LogP contribution in [-0.2, 0) is 4.79 Å². The van der Waals surface area contributed by atoms with Crippen molar-refractivity contribution in [2.45, 2.75) is 43.1 Å². The molecule has 2 aliphatic carbocycles. The number of hydrogen-bond acceptors (Lipinski definition) is 3. The predicted octanol–water partition coefficient (Wildman–Crippen LogP) is 3.58. The first kappa shape index (κ1) is 11.5. The summed E-state index contributed by atoms with van der Waals surface area (Å²) >= 11 is 4.36. The Morgan fingerprint density at radius 3 is 2.75 bits per heavy atom. The maximum Gasteiger partial charge on any atom is 0.136 e. The van der Waals surface area contributed by atoms with E-state index in [2.05, 4.69) is 30.4 Å². The van der Waals surface area contributed by atoms with Gasteiger partial charge >= 0.3 is 0 Å². The molecule has 0 radical (unpaired) electrons. The van der Waals surface area contributed by atoms with Crippen LogP contribution in [0.1, 0.15) is 39.0 Å². The highest BCUT2D eigenvalue weighted by atomic mass is 32.2. The van der Waals surface area contributed by atoms with Crippen LogP contribution < -0.4 is 0 Å². The summed E-state index contributed by atoms with van der Waals surface area (Å²) in [6.45, 7) is 2.30. The van der Waals surface area contributed by atoms with Crippen molar-refractivity contribution < 1.29 is 4.79 Å². The summed E-state index contributed by atoms with van der Waals surface area (Å²) in [7, 11) is 0. The lowest BCUT2D eigenvalue weighted by Crippen LogP contribution is -2.44. The Kier molecular flexibility index (Phi) is 3.03. The summed E-state index contributed by atoms with van der Waals surface area (Å²) in [5.74, 6) is 4.96. The minimum atomic E-state index is 0.409. The normalized spacial score (nSPS) is 42.3. The monoisotopic (exact) mass is 256 g/mol. The molecule has 1 nitrogen and oxygen atoms in total. The molecule has 2 saturated carbocycles. The predicted molar refractivity (Wildman–Crippen MR) is 71.9 cm³/mol. The lowest BCUT2D eigenvalue weighted by atomic mass is 9.73. The van der Waals surface area contributed by atoms with Crippen LogP contribution in [0.25, 0.3) is 0 Å². The Morgan fingerprint density at radius 1 is 1.25 bits per heavy atom. The quantitative estimate of drug-likeness (QED) is 0.659. The van der Waals surface area contributed by atoms with E-state index in [1.165, 1.54) is 37.2 Å². The molecule has 3 fully saturated rings. The molecule has 0 bridgehead atoms. The van der Waals surface area contributed by atoms with Gasteiger partial charge in [-0.05, 0) is 49.0 Å². The Bertz CT molecular complexity index is 296. The molecule has 1 spiro atoms. The van der Waals surface area contributed by atoms with Crippen LogP contribution in [-0.4, -0.2) is 21.4 Å². The van der Waals surface area contributed by atoms with E-state index < -0.39 is 0 Å².